The summed E-state index contributed by atoms with van der Waals surface area (Å²) in [4.78, 5) is 40.6. The Morgan fingerprint density at radius 3 is 1.30 bits per heavy atom. The van der Waals surface area contributed by atoms with Crippen LogP contribution in [0.5, 0.6) is 86.2 Å². The highest BCUT2D eigenvalue weighted by Crippen LogP contribution is 2.55. The van der Waals surface area contributed by atoms with Crippen LogP contribution < -0.4 is 71.1 Å². The lowest BCUT2D eigenvalue weighted by Gasteiger charge is -2.39. The number of carbonyl (C=O) groups excluding carboxylic acids is 3. The highest BCUT2D eigenvalue weighted by Gasteiger charge is 2.50. The zero-order valence-corrected chi connectivity index (χ0v) is 52.5. The van der Waals surface area contributed by atoms with E-state index < -0.39 is 83.6 Å². The smallest absolute Gasteiger partial charge is 0.181 e. The first-order valence-electron chi connectivity index (χ1n) is 30.2. The van der Waals surface area contributed by atoms with Crippen LogP contribution in [0, 0.1) is 5.82 Å². The number of carbonyl (C=O) groups is 3. The lowest BCUT2D eigenvalue weighted by molar-refractivity contribution is 0.0538. The molecule has 0 N–H and O–H groups in total. The van der Waals surface area contributed by atoms with Gasteiger partial charge in [0.2, 0.25) is 0 Å². The molecule has 93 heavy (non-hydrogen) atoms. The molecule has 0 bridgehead atoms. The van der Waals surface area contributed by atoms with Gasteiger partial charge in [0, 0.05) is 41.0 Å². The number of halogens is 4. The van der Waals surface area contributed by atoms with Gasteiger partial charge in [-0.15, -0.1) is 0 Å². The molecule has 18 nitrogen and oxygen atoms in total. The third-order valence-corrected chi connectivity index (χ3v) is 17.2. The van der Waals surface area contributed by atoms with E-state index >= 15 is 4.39 Å². The lowest BCUT2D eigenvalue weighted by Crippen LogP contribution is -2.44. The van der Waals surface area contributed by atoms with Crippen LogP contribution in [0.15, 0.2) is 85.0 Å². The number of methoxy groups -OCH3 is 4. The molecule has 0 radical (unpaired) electrons. The van der Waals surface area contributed by atoms with Gasteiger partial charge >= 0.3 is 0 Å². The monoisotopic (exact) mass is 1280 g/mol. The van der Waals surface area contributed by atoms with Gasteiger partial charge in [-0.25, -0.2) is 17.6 Å². The lowest BCUT2D eigenvalue weighted by atomic mass is 9.80. The Balaban J connectivity index is 0.000000127. The number of benzene rings is 6. The first-order chi connectivity index (χ1) is 44.6. The second-order valence-corrected chi connectivity index (χ2v) is 24.7. The molecule has 9 aliphatic heterocycles. The number of ketones is 3. The van der Waals surface area contributed by atoms with Crippen molar-refractivity contribution in [2.45, 2.75) is 94.4 Å². The van der Waals surface area contributed by atoms with Gasteiger partial charge in [0.15, 0.2) is 51.8 Å². The molecule has 6 aromatic carbocycles. The number of alkyl halides is 2. The van der Waals surface area contributed by atoms with Crippen molar-refractivity contribution in [3.63, 3.8) is 0 Å². The van der Waals surface area contributed by atoms with E-state index in [2.05, 4.69) is 0 Å². The summed E-state index contributed by atoms with van der Waals surface area (Å²) in [5.74, 6) is 2.16. The van der Waals surface area contributed by atoms with Gasteiger partial charge in [-0.3, -0.25) is 14.4 Å². The number of hydrogen-bond donors (Lipinski definition) is 0. The van der Waals surface area contributed by atoms with E-state index in [0.717, 1.165) is 17.2 Å². The number of ether oxygens (including phenoxy) is 15. The Hall–Kier alpha value is -9.73. The number of Topliss-reactive ketones (excluding diaryl/α,β-unsaturated/α-hetero) is 3. The summed E-state index contributed by atoms with van der Waals surface area (Å²) in [6.07, 6.45) is 7.32. The van der Waals surface area contributed by atoms with Crippen molar-refractivity contribution in [1.82, 2.24) is 0 Å². The molecule has 0 saturated heterocycles. The zero-order chi connectivity index (χ0) is 65.6. The Morgan fingerprint density at radius 2 is 0.839 bits per heavy atom. The molecular formula is C71H66F4O18. The Bertz CT molecular complexity index is 4170. The first-order valence-corrected chi connectivity index (χ1v) is 30.2. The normalized spacial score (nSPS) is 22.1. The fourth-order valence-corrected chi connectivity index (χ4v) is 13.0. The highest BCUT2D eigenvalue weighted by molar-refractivity contribution is 6.09. The Morgan fingerprint density at radius 1 is 0.452 bits per heavy atom. The maximum atomic E-state index is 15.1. The van der Waals surface area contributed by atoms with Gasteiger partial charge in [0.25, 0.3) is 0 Å². The number of hydrogen-bond acceptors (Lipinski definition) is 18. The standard InChI is InChI=1S/2C24H23FO6.C23H20F2O6/c1-24(2)7-6-13-16(31-24)5-4-14-22(26)21-15-10-19(28-9-8-25)18(27-3)11-17(15)29-12-20(21)30-23(13)14;1-24(2)7-6-13-16(31-24)5-4-14-22(26)21-15-10-18(27-3)19(28-9-8-25)11-17(15)29-12-20(21)30-23(13)14;1-23(2)8-12(25)19-16(31-23)6-11(24)20-21(26)18-10-5-14(27-3)15(28-4)7-13(10)29-9-17(18)30-22(19)20/h2*4-7,10-11,20-21H,8-9,12H2,1-3H3;5-8,17-18H,9H2,1-4H3/t2*20-,21+;17-,18+/m111/s1/i2*25-1;24-1,25-1. The van der Waals surface area contributed by atoms with E-state index in [-0.39, 0.29) is 67.2 Å². The van der Waals surface area contributed by atoms with E-state index in [1.807, 2.05) is 64.1 Å². The molecule has 6 aromatic rings. The van der Waals surface area contributed by atoms with Gasteiger partial charge in [-0.2, -0.15) is 0 Å². The van der Waals surface area contributed by atoms with Gasteiger partial charge in [0.1, 0.15) is 145 Å². The summed E-state index contributed by atoms with van der Waals surface area (Å²) in [6.45, 7) is 10.2. The van der Waals surface area contributed by atoms with Crippen molar-refractivity contribution in [1.29, 1.82) is 0 Å². The van der Waals surface area contributed by atoms with E-state index in [4.69, 9.17) is 71.1 Å². The Kier molecular flexibility index (Phi) is 15.9. The predicted molar refractivity (Wildman–Crippen MR) is 330 cm³/mol. The molecule has 0 spiro atoms. The van der Waals surface area contributed by atoms with Crippen molar-refractivity contribution in [2.75, 3.05) is 74.8 Å². The SMILES string of the molecule is COc1cc2c(cc1OC)[C@@H]1C(=O)c3c([18F])cc4c(c3O[C@@H]1CO2)C([18F])=CC(C)(C)O4.COc1cc2c(cc1OCC[18F])OC[C@H]1Oc3c(ccc4c3C=CC(C)(C)O4)C(=O)[C@@H]21.COc1cc2c(cc1OCC[18F])[C@@H]1C(=O)c3ccc4c(c3O[C@@H]1CO2)C=CC(C)(C)O4. The minimum Gasteiger partial charge on any atom is -0.493 e. The third kappa shape index (κ3) is 11.0. The molecular weight excluding hydrogens is 1210 g/mol. The molecule has 486 valence electrons. The maximum absolute atomic E-state index is 15.1. The fraction of sp³-hybridized carbons (Fsp3) is 0.366. The first kappa shape index (κ1) is 62.1. The van der Waals surface area contributed by atoms with Crippen molar-refractivity contribution >= 4 is 35.3 Å². The average molecular weight is 1280 g/mol. The summed E-state index contributed by atoms with van der Waals surface area (Å²) in [5, 5.41) is 0. The maximum Gasteiger partial charge on any atom is 0.181 e. The predicted octanol–water partition coefficient (Wildman–Crippen LogP) is 13.1. The molecule has 0 fully saturated rings. The van der Waals surface area contributed by atoms with Crippen molar-refractivity contribution in [3.8, 4) is 86.2 Å². The van der Waals surface area contributed by atoms with Gasteiger partial charge in [-0.1, -0.05) is 0 Å². The molecule has 15 rings (SSSR count). The van der Waals surface area contributed by atoms with Crippen LogP contribution in [0.3, 0.4) is 0 Å². The molecule has 0 aliphatic carbocycles. The minimum absolute atomic E-state index is 0.00367. The molecule has 9 aliphatic rings. The molecule has 0 amide bonds. The van der Waals surface area contributed by atoms with E-state index in [1.54, 1.807) is 62.4 Å². The average Bonchev–Trinajstić information content (AvgIpc) is 0.749. The van der Waals surface area contributed by atoms with Gasteiger partial charge in [0.05, 0.1) is 79.6 Å². The van der Waals surface area contributed by atoms with Crippen LogP contribution in [-0.2, 0) is 0 Å². The highest BCUT2D eigenvalue weighted by atomic mass is 18.2. The summed E-state index contributed by atoms with van der Waals surface area (Å²) in [7, 11) is 5.97. The summed E-state index contributed by atoms with van der Waals surface area (Å²) in [5.41, 5.74) is 2.19. The van der Waals surface area contributed by atoms with Crippen molar-refractivity contribution in [2.24, 2.45) is 0 Å². The van der Waals surface area contributed by atoms with E-state index in [0.29, 0.717) is 103 Å². The summed E-state index contributed by atoms with van der Waals surface area (Å²) >= 11 is 0. The molecule has 0 unspecified atom stereocenters. The van der Waals surface area contributed by atoms with Crippen LogP contribution in [0.25, 0.3) is 18.0 Å². The topological polar surface area (TPSA) is 190 Å². The largest absolute Gasteiger partial charge is 0.493 e. The second kappa shape index (κ2) is 23.7. The molecule has 6 atom stereocenters. The third-order valence-electron chi connectivity index (χ3n) is 17.2. The van der Waals surface area contributed by atoms with Gasteiger partial charge < -0.3 is 71.1 Å². The van der Waals surface area contributed by atoms with Crippen LogP contribution in [0.1, 0.15) is 124 Å². The second-order valence-electron chi connectivity index (χ2n) is 24.7. The molecule has 9 heterocycles. The molecule has 22 heteroatoms. The van der Waals surface area contributed by atoms with E-state index in [9.17, 15) is 27.6 Å². The zero-order valence-electron chi connectivity index (χ0n) is 52.5. The fourth-order valence-electron chi connectivity index (χ4n) is 13.0. The number of rotatable bonds is 10. The quantitative estimate of drug-likeness (QED) is 0.118. The van der Waals surface area contributed by atoms with Crippen LogP contribution in [0.2, 0.25) is 0 Å². The van der Waals surface area contributed by atoms with Crippen LogP contribution in [0.4, 0.5) is 17.6 Å². The summed E-state index contributed by atoms with van der Waals surface area (Å²) in [6, 6.07) is 18.1. The van der Waals surface area contributed by atoms with Gasteiger partial charge in [-0.05, 0) is 114 Å². The van der Waals surface area contributed by atoms with Crippen LogP contribution in [-0.4, -0.2) is 127 Å². The van der Waals surface area contributed by atoms with E-state index in [1.165, 1.54) is 34.5 Å². The van der Waals surface area contributed by atoms with Crippen molar-refractivity contribution in [3.05, 3.63) is 141 Å². The molecule has 0 saturated carbocycles. The molecule has 0 aromatic heterocycles. The van der Waals surface area contributed by atoms with Crippen LogP contribution >= 0.6 is 0 Å². The minimum atomic E-state index is -0.957. The Labute approximate surface area is 532 Å². The summed E-state index contributed by atoms with van der Waals surface area (Å²) < 4.78 is 141. The van der Waals surface area contributed by atoms with Crippen molar-refractivity contribution < 1.29 is 103 Å². The number of fused-ring (bicyclic) bond motifs is 18.